The minimum atomic E-state index is -1.16. The number of nitrogens with two attached hydrogens (primary N) is 1. The van der Waals surface area contributed by atoms with Gasteiger partial charge < -0.3 is 5.73 Å². The number of rotatable bonds is 3. The van der Waals surface area contributed by atoms with E-state index in [2.05, 4.69) is 4.98 Å². The minimum Gasteiger partial charge on any atom is -0.316 e. The fourth-order valence-corrected chi connectivity index (χ4v) is 1.98. The van der Waals surface area contributed by atoms with Crippen molar-refractivity contribution in [3.63, 3.8) is 0 Å². The maximum atomic E-state index is 13.3. The zero-order valence-electron chi connectivity index (χ0n) is 10.3. The summed E-state index contributed by atoms with van der Waals surface area (Å²) in [5.74, 6) is -1.91. The number of pyridine rings is 1. The van der Waals surface area contributed by atoms with Crippen molar-refractivity contribution in [2.75, 3.05) is 0 Å². The summed E-state index contributed by atoms with van der Waals surface area (Å²) in [6.07, 6.45) is 1.40. The molecule has 1 heterocycles. The molecule has 2 nitrogen and oxygen atoms in total. The van der Waals surface area contributed by atoms with Gasteiger partial charge in [-0.2, -0.15) is 0 Å². The molecule has 1 aromatic heterocycles. The largest absolute Gasteiger partial charge is 0.316 e. The third-order valence-electron chi connectivity index (χ3n) is 3.12. The first-order valence-electron chi connectivity index (χ1n) is 5.83. The van der Waals surface area contributed by atoms with Gasteiger partial charge in [0.15, 0.2) is 0 Å². The first-order valence-corrected chi connectivity index (χ1v) is 5.83. The number of hydrogen-bond acceptors (Lipinski definition) is 2. The average Bonchev–Trinajstić information content (AvgIpc) is 2.37. The third-order valence-corrected chi connectivity index (χ3v) is 3.12. The Bertz CT molecular complexity index is 563. The number of nitrogens with zero attached hydrogens (tertiary/aromatic N) is 1. The zero-order valence-corrected chi connectivity index (χ0v) is 10.3. The zero-order chi connectivity index (χ0) is 14.0. The molecular weight excluding hydrogens is 253 g/mol. The smallest absolute Gasteiger partial charge is 0.141 e. The van der Waals surface area contributed by atoms with Gasteiger partial charge >= 0.3 is 0 Å². The number of aromatic nitrogens is 1. The summed E-state index contributed by atoms with van der Waals surface area (Å²) in [5, 5.41) is 0. The second-order valence-corrected chi connectivity index (χ2v) is 4.34. The molecule has 0 radical (unpaired) electrons. The van der Waals surface area contributed by atoms with Crippen LogP contribution in [0.1, 0.15) is 24.6 Å². The van der Waals surface area contributed by atoms with Crippen LogP contribution in [-0.4, -0.2) is 4.98 Å². The van der Waals surface area contributed by atoms with Crippen LogP contribution in [0.5, 0.6) is 0 Å². The summed E-state index contributed by atoms with van der Waals surface area (Å²) in [7, 11) is 0. The van der Waals surface area contributed by atoms with E-state index in [-0.39, 0.29) is 5.56 Å². The predicted octanol–water partition coefficient (Wildman–Crippen LogP) is 3.11. The van der Waals surface area contributed by atoms with Gasteiger partial charge in [-0.05, 0) is 36.2 Å². The monoisotopic (exact) mass is 266 g/mol. The van der Waals surface area contributed by atoms with Crippen LogP contribution in [0, 0.1) is 17.5 Å². The third kappa shape index (κ3) is 2.61. The van der Waals surface area contributed by atoms with Crippen LogP contribution >= 0.6 is 0 Å². The summed E-state index contributed by atoms with van der Waals surface area (Å²) in [6.45, 7) is 1.77. The molecule has 0 fully saturated rings. The summed E-state index contributed by atoms with van der Waals surface area (Å²) in [4.78, 5) is 3.91. The molecule has 1 unspecified atom stereocenters. The van der Waals surface area contributed by atoms with Gasteiger partial charge in [-0.1, -0.05) is 6.92 Å². The highest BCUT2D eigenvalue weighted by atomic mass is 19.1. The van der Waals surface area contributed by atoms with Crippen LogP contribution in [0.2, 0.25) is 0 Å². The van der Waals surface area contributed by atoms with E-state index in [1.807, 2.05) is 0 Å². The van der Waals surface area contributed by atoms with Crippen molar-refractivity contribution in [1.29, 1.82) is 0 Å². The summed E-state index contributed by atoms with van der Waals surface area (Å²) in [6, 6.07) is 5.74. The van der Waals surface area contributed by atoms with Crippen molar-refractivity contribution in [3.05, 3.63) is 65.2 Å². The van der Waals surface area contributed by atoms with Crippen molar-refractivity contribution in [3.8, 4) is 0 Å². The highest BCUT2D eigenvalue weighted by molar-refractivity contribution is 5.34. The van der Waals surface area contributed by atoms with Gasteiger partial charge in [0.25, 0.3) is 0 Å². The van der Waals surface area contributed by atoms with E-state index in [1.165, 1.54) is 12.1 Å². The minimum absolute atomic E-state index is 0.270. The van der Waals surface area contributed by atoms with Gasteiger partial charge in [-0.15, -0.1) is 0 Å². The average molecular weight is 266 g/mol. The van der Waals surface area contributed by atoms with Crippen molar-refractivity contribution < 1.29 is 13.2 Å². The van der Waals surface area contributed by atoms with Gasteiger partial charge in [0.05, 0.1) is 17.4 Å². The lowest BCUT2D eigenvalue weighted by molar-refractivity contribution is 0.486. The Morgan fingerprint density at radius 1 is 1.05 bits per heavy atom. The molecule has 2 rings (SSSR count). The van der Waals surface area contributed by atoms with Crippen molar-refractivity contribution in [2.45, 2.75) is 18.9 Å². The van der Waals surface area contributed by atoms with Crippen LogP contribution in [-0.2, 0) is 5.54 Å². The van der Waals surface area contributed by atoms with Crippen LogP contribution in [0.15, 0.2) is 36.5 Å². The Morgan fingerprint density at radius 3 is 2.16 bits per heavy atom. The van der Waals surface area contributed by atoms with Crippen molar-refractivity contribution in [1.82, 2.24) is 4.98 Å². The number of halogens is 3. The molecule has 1 aromatic carbocycles. The van der Waals surface area contributed by atoms with Crippen molar-refractivity contribution >= 4 is 0 Å². The van der Waals surface area contributed by atoms with Crippen LogP contribution in [0.3, 0.4) is 0 Å². The summed E-state index contributed by atoms with van der Waals surface area (Å²) in [5.41, 5.74) is 5.69. The highest BCUT2D eigenvalue weighted by Gasteiger charge is 2.30. The van der Waals surface area contributed by atoms with Gasteiger partial charge in [-0.25, -0.2) is 13.2 Å². The van der Waals surface area contributed by atoms with Crippen LogP contribution in [0.4, 0.5) is 13.2 Å². The maximum absolute atomic E-state index is 13.3. The lowest BCUT2D eigenvalue weighted by atomic mass is 9.84. The number of benzene rings is 1. The van der Waals surface area contributed by atoms with E-state index >= 15 is 0 Å². The van der Waals surface area contributed by atoms with Gasteiger partial charge in [0.1, 0.15) is 17.5 Å². The Labute approximate surface area is 109 Å². The molecular formula is C14H13F3N2. The molecule has 19 heavy (non-hydrogen) atoms. The SMILES string of the molecule is CCC(N)(c1cc(F)cc(F)c1)c1ccc(F)cn1. The maximum Gasteiger partial charge on any atom is 0.141 e. The predicted molar refractivity (Wildman–Crippen MR) is 65.8 cm³/mol. The van der Waals surface area contributed by atoms with E-state index in [0.717, 1.165) is 24.4 Å². The van der Waals surface area contributed by atoms with Gasteiger partial charge in [-0.3, -0.25) is 4.98 Å². The molecule has 5 heteroatoms. The van der Waals surface area contributed by atoms with E-state index in [0.29, 0.717) is 12.1 Å². The first-order chi connectivity index (χ1) is 8.95. The normalized spacial score (nSPS) is 14.2. The van der Waals surface area contributed by atoms with E-state index in [1.54, 1.807) is 6.92 Å². The Morgan fingerprint density at radius 2 is 1.68 bits per heavy atom. The molecule has 1 atom stereocenters. The van der Waals surface area contributed by atoms with Crippen LogP contribution < -0.4 is 5.73 Å². The molecule has 2 aromatic rings. The Kier molecular flexibility index (Phi) is 3.57. The van der Waals surface area contributed by atoms with Gasteiger partial charge in [0.2, 0.25) is 0 Å². The van der Waals surface area contributed by atoms with Crippen molar-refractivity contribution in [2.24, 2.45) is 5.73 Å². The quantitative estimate of drug-likeness (QED) is 0.927. The van der Waals surface area contributed by atoms with E-state index < -0.39 is 23.0 Å². The lowest BCUT2D eigenvalue weighted by Crippen LogP contribution is -2.38. The molecule has 0 aliphatic rings. The molecule has 0 aliphatic heterocycles. The topological polar surface area (TPSA) is 38.9 Å². The molecule has 100 valence electrons. The molecule has 0 saturated heterocycles. The molecule has 0 spiro atoms. The highest BCUT2D eigenvalue weighted by Crippen LogP contribution is 2.30. The van der Waals surface area contributed by atoms with Gasteiger partial charge in [0, 0.05) is 6.07 Å². The molecule has 0 saturated carbocycles. The summed E-state index contributed by atoms with van der Waals surface area (Å²) >= 11 is 0. The number of hydrogen-bond donors (Lipinski definition) is 1. The second-order valence-electron chi connectivity index (χ2n) is 4.34. The lowest BCUT2D eigenvalue weighted by Gasteiger charge is -2.28. The standard InChI is InChI=1S/C14H13F3N2/c1-2-14(18,13-4-3-10(15)8-19-13)9-5-11(16)7-12(17)6-9/h3-8H,2,18H2,1H3. The molecule has 2 N–H and O–H groups in total. The molecule has 0 amide bonds. The second kappa shape index (κ2) is 5.01. The first kappa shape index (κ1) is 13.5. The Hall–Kier alpha value is -1.88. The molecule has 0 bridgehead atoms. The Balaban J connectivity index is 2.55. The van der Waals surface area contributed by atoms with E-state index in [4.69, 9.17) is 5.73 Å². The fourth-order valence-electron chi connectivity index (χ4n) is 1.98. The summed E-state index contributed by atoms with van der Waals surface area (Å²) < 4.78 is 39.5. The molecule has 0 aliphatic carbocycles. The van der Waals surface area contributed by atoms with E-state index in [9.17, 15) is 13.2 Å². The van der Waals surface area contributed by atoms with Crippen LogP contribution in [0.25, 0.3) is 0 Å². The fraction of sp³-hybridized carbons (Fsp3) is 0.214.